The third-order valence-electron chi connectivity index (χ3n) is 8.05. The molecule has 2 aromatic heterocycles. The van der Waals surface area contributed by atoms with Crippen molar-refractivity contribution in [2.45, 2.75) is 52.2 Å². The van der Waals surface area contributed by atoms with E-state index in [4.69, 9.17) is 4.98 Å². The summed E-state index contributed by atoms with van der Waals surface area (Å²) in [6.45, 7) is 11.0. The van der Waals surface area contributed by atoms with Gasteiger partial charge in [-0.3, -0.25) is 14.8 Å². The highest BCUT2D eigenvalue weighted by Gasteiger charge is 2.55. The first-order chi connectivity index (χ1) is 17.1. The van der Waals surface area contributed by atoms with Gasteiger partial charge in [-0.25, -0.2) is 0 Å². The molecule has 1 atom stereocenters. The second-order valence-corrected chi connectivity index (χ2v) is 11.2. The van der Waals surface area contributed by atoms with Gasteiger partial charge in [0.2, 0.25) is 5.91 Å². The second kappa shape index (κ2) is 9.09. The highest BCUT2D eigenvalue weighted by Crippen LogP contribution is 2.50. The topological polar surface area (TPSA) is 69.6 Å². The quantitative estimate of drug-likeness (QED) is 0.583. The molecule has 2 aliphatic rings. The molecule has 2 aliphatic heterocycles. The number of hydrogen-bond acceptors (Lipinski definition) is 5. The van der Waals surface area contributed by atoms with Crippen LogP contribution >= 0.6 is 0 Å². The normalized spacial score (nSPS) is 18.9. The van der Waals surface area contributed by atoms with Crippen molar-refractivity contribution in [2.24, 2.45) is 5.41 Å². The molecule has 4 heterocycles. The van der Waals surface area contributed by atoms with Gasteiger partial charge in [-0.1, -0.05) is 51.1 Å². The van der Waals surface area contributed by atoms with Gasteiger partial charge in [-0.15, -0.1) is 0 Å². The first-order valence-electron chi connectivity index (χ1n) is 12.8. The summed E-state index contributed by atoms with van der Waals surface area (Å²) in [6.07, 6.45) is 4.36. The van der Waals surface area contributed by atoms with Gasteiger partial charge in [0.05, 0.1) is 5.69 Å². The zero-order valence-electron chi connectivity index (χ0n) is 22.0. The van der Waals surface area contributed by atoms with Crippen LogP contribution in [0.15, 0.2) is 54.9 Å². The van der Waals surface area contributed by atoms with E-state index >= 15 is 0 Å². The molecule has 188 valence electrons. The Morgan fingerprint density at radius 2 is 1.81 bits per heavy atom. The van der Waals surface area contributed by atoms with Crippen LogP contribution in [0.1, 0.15) is 61.6 Å². The molecule has 0 unspecified atom stereocenters. The minimum Gasteiger partial charge on any atom is -0.380 e. The summed E-state index contributed by atoms with van der Waals surface area (Å²) < 4.78 is 0. The zero-order valence-corrected chi connectivity index (χ0v) is 22.0. The van der Waals surface area contributed by atoms with Crippen molar-refractivity contribution in [3.05, 3.63) is 82.8 Å². The largest absolute Gasteiger partial charge is 0.380 e. The summed E-state index contributed by atoms with van der Waals surface area (Å²) >= 11 is 0. The minimum absolute atomic E-state index is 0.0949. The molecular weight excluding hydrogens is 448 g/mol. The lowest BCUT2D eigenvalue weighted by Gasteiger charge is -2.55. The van der Waals surface area contributed by atoms with Gasteiger partial charge in [-0.2, -0.15) is 0 Å². The molecule has 1 saturated heterocycles. The molecule has 6 nitrogen and oxygen atoms in total. The molecule has 5 rings (SSSR count). The lowest BCUT2D eigenvalue weighted by molar-refractivity contribution is -0.129. The Labute approximate surface area is 214 Å². The fraction of sp³-hybridized carbons (Fsp3) is 0.433. The van der Waals surface area contributed by atoms with Crippen LogP contribution < -0.4 is 0 Å². The molecule has 1 fully saturated rings. The van der Waals surface area contributed by atoms with E-state index in [1.165, 1.54) is 5.56 Å². The first-order valence-corrected chi connectivity index (χ1v) is 12.8. The van der Waals surface area contributed by atoms with Gasteiger partial charge in [0, 0.05) is 74.2 Å². The average molecular weight is 485 g/mol. The minimum atomic E-state index is -1.19. The Balaban J connectivity index is 1.54. The predicted octanol–water partition coefficient (Wildman–Crippen LogP) is 4.36. The Morgan fingerprint density at radius 3 is 2.44 bits per heavy atom. The van der Waals surface area contributed by atoms with Crippen LogP contribution in [0.5, 0.6) is 0 Å². The maximum absolute atomic E-state index is 12.5. The van der Waals surface area contributed by atoms with Crippen molar-refractivity contribution in [1.82, 2.24) is 19.8 Å². The summed E-state index contributed by atoms with van der Waals surface area (Å²) in [5.41, 5.74) is 5.25. The molecule has 0 spiro atoms. The molecular formula is C30H36N4O2. The number of hydrogen-bond donors (Lipinski definition) is 1. The van der Waals surface area contributed by atoms with Crippen molar-refractivity contribution in [3.63, 3.8) is 0 Å². The van der Waals surface area contributed by atoms with Crippen LogP contribution in [0.2, 0.25) is 0 Å². The average Bonchev–Trinajstić information content (AvgIpc) is 2.86. The molecule has 1 aromatic carbocycles. The highest BCUT2D eigenvalue weighted by molar-refractivity contribution is 5.73. The Hall–Kier alpha value is -3.09. The summed E-state index contributed by atoms with van der Waals surface area (Å²) in [7, 11) is 2.09. The van der Waals surface area contributed by atoms with E-state index in [-0.39, 0.29) is 11.3 Å². The summed E-state index contributed by atoms with van der Waals surface area (Å²) in [6, 6.07) is 14.5. The molecule has 0 saturated carbocycles. The maximum atomic E-state index is 12.5. The van der Waals surface area contributed by atoms with Crippen LogP contribution in [-0.2, 0) is 23.4 Å². The number of likely N-dealkylation sites (tertiary alicyclic amines) is 1. The molecule has 36 heavy (non-hydrogen) atoms. The number of benzene rings is 1. The lowest BCUT2D eigenvalue weighted by atomic mass is 9.62. The van der Waals surface area contributed by atoms with Gasteiger partial charge in [0.15, 0.2) is 0 Å². The van der Waals surface area contributed by atoms with Gasteiger partial charge in [0.25, 0.3) is 0 Å². The number of fused-ring (bicyclic) bond motifs is 1. The van der Waals surface area contributed by atoms with Crippen molar-refractivity contribution >= 4 is 5.91 Å². The van der Waals surface area contributed by atoms with E-state index in [1.54, 1.807) is 13.1 Å². The van der Waals surface area contributed by atoms with Crippen LogP contribution in [0, 0.1) is 5.41 Å². The fourth-order valence-electron chi connectivity index (χ4n) is 5.97. The van der Waals surface area contributed by atoms with Crippen molar-refractivity contribution in [2.75, 3.05) is 26.7 Å². The number of rotatable bonds is 5. The Morgan fingerprint density at radius 1 is 1.08 bits per heavy atom. The number of carbonyl (C=O) groups is 1. The van der Waals surface area contributed by atoms with Crippen LogP contribution in [-0.4, -0.2) is 57.5 Å². The molecule has 0 aliphatic carbocycles. The predicted molar refractivity (Wildman–Crippen MR) is 141 cm³/mol. The SMILES string of the molecule is CC(=O)N1CCc2nc(-c3cncc([C@@](O)(c4ccc(C(C)C)cc4)C4(C)CN(C)C4)c3)ccc2C1. The van der Waals surface area contributed by atoms with Gasteiger partial charge in [0.1, 0.15) is 5.60 Å². The first kappa shape index (κ1) is 24.6. The van der Waals surface area contributed by atoms with Crippen molar-refractivity contribution in [3.8, 4) is 11.3 Å². The van der Waals surface area contributed by atoms with Crippen LogP contribution in [0.25, 0.3) is 11.3 Å². The molecule has 0 radical (unpaired) electrons. The number of nitrogens with zero attached hydrogens (tertiary/aromatic N) is 4. The number of carbonyl (C=O) groups excluding carboxylic acids is 1. The third-order valence-corrected chi connectivity index (χ3v) is 8.05. The highest BCUT2D eigenvalue weighted by atomic mass is 16.3. The third kappa shape index (κ3) is 4.12. The summed E-state index contributed by atoms with van der Waals surface area (Å²) in [5, 5.41) is 12.5. The van der Waals surface area contributed by atoms with Gasteiger partial charge < -0.3 is 14.9 Å². The number of pyridine rings is 2. The fourth-order valence-corrected chi connectivity index (χ4v) is 5.97. The molecule has 1 amide bonds. The van der Waals surface area contributed by atoms with Crippen LogP contribution in [0.4, 0.5) is 0 Å². The smallest absolute Gasteiger partial charge is 0.219 e. The van der Waals surface area contributed by atoms with E-state index in [0.29, 0.717) is 19.0 Å². The van der Waals surface area contributed by atoms with Gasteiger partial charge in [-0.05, 0) is 41.8 Å². The van der Waals surface area contributed by atoms with E-state index < -0.39 is 5.60 Å². The molecule has 3 aromatic rings. The number of aliphatic hydroxyl groups is 1. The van der Waals surface area contributed by atoms with E-state index in [9.17, 15) is 9.90 Å². The van der Waals surface area contributed by atoms with Crippen LogP contribution in [0.3, 0.4) is 0 Å². The Bertz CT molecular complexity index is 1280. The second-order valence-electron chi connectivity index (χ2n) is 11.2. The lowest BCUT2D eigenvalue weighted by Crippen LogP contribution is -2.63. The number of amides is 1. The van der Waals surface area contributed by atoms with E-state index in [0.717, 1.165) is 53.2 Å². The van der Waals surface area contributed by atoms with E-state index in [1.807, 2.05) is 23.2 Å². The molecule has 0 bridgehead atoms. The van der Waals surface area contributed by atoms with Crippen molar-refractivity contribution < 1.29 is 9.90 Å². The van der Waals surface area contributed by atoms with Crippen molar-refractivity contribution in [1.29, 1.82) is 0 Å². The molecule has 6 heteroatoms. The Kier molecular flexibility index (Phi) is 6.21. The molecule has 1 N–H and O–H groups in total. The van der Waals surface area contributed by atoms with Gasteiger partial charge >= 0.3 is 0 Å². The van der Waals surface area contributed by atoms with E-state index in [2.05, 4.69) is 68.0 Å². The maximum Gasteiger partial charge on any atom is 0.219 e. The standard InChI is InChI=1S/C30H36N4O2/c1-20(2)22-6-9-25(10-7-22)30(36,29(4)18-33(5)19-29)26-14-24(15-31-16-26)27-11-8-23-17-34(21(3)35)13-12-28(23)32-27/h6-11,14-16,20,36H,12-13,17-19H2,1-5H3/t30-/m0/s1. The summed E-state index contributed by atoms with van der Waals surface area (Å²) in [5.74, 6) is 0.526. The summed E-state index contributed by atoms with van der Waals surface area (Å²) in [4.78, 5) is 25.4. The zero-order chi connectivity index (χ0) is 25.7. The monoisotopic (exact) mass is 484 g/mol. The number of aromatic nitrogens is 2.